The number of allylic oxidation sites excluding steroid dienone is 3. The van der Waals surface area contributed by atoms with Gasteiger partial charge in [-0.1, -0.05) is 44.1 Å². The van der Waals surface area contributed by atoms with Gasteiger partial charge < -0.3 is 19.4 Å². The third-order valence-corrected chi connectivity index (χ3v) is 3.59. The number of hydrogen-bond acceptors (Lipinski definition) is 4. The number of likely N-dealkylation sites (N-methyl/N-ethyl adjacent to an activating group) is 1. The van der Waals surface area contributed by atoms with Gasteiger partial charge in [0.1, 0.15) is 6.54 Å². The second-order valence-corrected chi connectivity index (χ2v) is 7.60. The zero-order chi connectivity index (χ0) is 20.0. The minimum Gasteiger partial charge on any atom is -0.481 e. The van der Waals surface area contributed by atoms with Gasteiger partial charge in [-0.2, -0.15) is 0 Å². The summed E-state index contributed by atoms with van der Waals surface area (Å²) in [6.45, 7) is 2.56. The Kier molecular flexibility index (Phi) is 12.7. The molecule has 0 rings (SSSR count). The molecule has 0 spiro atoms. The second kappa shape index (κ2) is 13.5. The van der Waals surface area contributed by atoms with Crippen LogP contribution in [0.5, 0.6) is 0 Å². The van der Waals surface area contributed by atoms with Crippen molar-refractivity contribution in [2.24, 2.45) is 0 Å². The molecule has 0 fully saturated rings. The summed E-state index contributed by atoms with van der Waals surface area (Å²) < 4.78 is 5.75. The largest absolute Gasteiger partial charge is 0.481 e. The highest BCUT2D eigenvalue weighted by molar-refractivity contribution is 5.72. The quantitative estimate of drug-likeness (QED) is 0.213. The standard InChI is InChI=1S/C20H35NO5/c1-5-6-7-8-9-10-11-12-13-17(22)14-20(25)26-18(15-19(23)24)16-21(2,3)4/h8-9,11-12,17-18,22H,5-7,10,13-16H2,1-4H3/p+1/b9-8+,12-11+. The molecule has 26 heavy (non-hydrogen) atoms. The van der Waals surface area contributed by atoms with Gasteiger partial charge in [-0.25, -0.2) is 0 Å². The van der Waals surface area contributed by atoms with E-state index in [0.717, 1.165) is 12.8 Å². The highest BCUT2D eigenvalue weighted by atomic mass is 16.5. The summed E-state index contributed by atoms with van der Waals surface area (Å²) in [5, 5.41) is 18.9. The number of esters is 1. The average molecular weight is 371 g/mol. The Hall–Kier alpha value is -1.66. The summed E-state index contributed by atoms with van der Waals surface area (Å²) in [6.07, 6.45) is 10.8. The zero-order valence-electron chi connectivity index (χ0n) is 16.7. The molecule has 0 heterocycles. The Morgan fingerprint density at radius 2 is 1.73 bits per heavy atom. The van der Waals surface area contributed by atoms with Crippen LogP contribution in [0.3, 0.4) is 0 Å². The number of ether oxygens (including phenoxy) is 1. The maximum atomic E-state index is 11.9. The fraction of sp³-hybridized carbons (Fsp3) is 0.700. The molecule has 0 saturated carbocycles. The average Bonchev–Trinajstić information content (AvgIpc) is 2.47. The number of hydrogen-bond donors (Lipinski definition) is 2. The summed E-state index contributed by atoms with van der Waals surface area (Å²) in [5.74, 6) is -1.57. The summed E-state index contributed by atoms with van der Waals surface area (Å²) >= 11 is 0. The van der Waals surface area contributed by atoms with Crippen LogP contribution in [0.15, 0.2) is 24.3 Å². The van der Waals surface area contributed by atoms with Crippen molar-refractivity contribution in [2.45, 2.75) is 64.1 Å². The molecule has 150 valence electrons. The summed E-state index contributed by atoms with van der Waals surface area (Å²) in [6, 6.07) is 0. The molecule has 0 aliphatic carbocycles. The number of carboxylic acids is 1. The number of quaternary nitrogens is 1. The lowest BCUT2D eigenvalue weighted by atomic mass is 10.1. The molecule has 2 atom stereocenters. The lowest BCUT2D eigenvalue weighted by molar-refractivity contribution is -0.873. The number of carbonyl (C=O) groups is 2. The Labute approximate surface area is 157 Å². The second-order valence-electron chi connectivity index (χ2n) is 7.60. The van der Waals surface area contributed by atoms with E-state index in [2.05, 4.69) is 19.1 Å². The minimum atomic E-state index is -1.01. The molecular formula is C20H36NO5+. The van der Waals surface area contributed by atoms with Crippen LogP contribution in [0.4, 0.5) is 0 Å². The molecular weight excluding hydrogens is 334 g/mol. The molecule has 0 aromatic carbocycles. The maximum absolute atomic E-state index is 11.9. The smallest absolute Gasteiger partial charge is 0.308 e. The van der Waals surface area contributed by atoms with Crippen LogP contribution in [0.1, 0.15) is 51.9 Å². The van der Waals surface area contributed by atoms with E-state index in [1.165, 1.54) is 12.8 Å². The summed E-state index contributed by atoms with van der Waals surface area (Å²) in [4.78, 5) is 22.9. The lowest BCUT2D eigenvalue weighted by Gasteiger charge is -2.28. The number of carbonyl (C=O) groups excluding carboxylic acids is 1. The van der Waals surface area contributed by atoms with Crippen LogP contribution in [-0.4, -0.2) is 66.5 Å². The highest BCUT2D eigenvalue weighted by Gasteiger charge is 2.25. The van der Waals surface area contributed by atoms with Crippen molar-refractivity contribution in [1.82, 2.24) is 0 Å². The topological polar surface area (TPSA) is 83.8 Å². The van der Waals surface area contributed by atoms with Crippen molar-refractivity contribution in [3.05, 3.63) is 24.3 Å². The van der Waals surface area contributed by atoms with E-state index in [4.69, 9.17) is 9.84 Å². The highest BCUT2D eigenvalue weighted by Crippen LogP contribution is 2.09. The van der Waals surface area contributed by atoms with Gasteiger partial charge in [0.2, 0.25) is 0 Å². The van der Waals surface area contributed by atoms with Gasteiger partial charge >= 0.3 is 11.9 Å². The van der Waals surface area contributed by atoms with Gasteiger partial charge in [-0.15, -0.1) is 0 Å². The first kappa shape index (κ1) is 24.3. The van der Waals surface area contributed by atoms with E-state index in [1.54, 1.807) is 0 Å². The van der Waals surface area contributed by atoms with Crippen LogP contribution in [0.25, 0.3) is 0 Å². The SMILES string of the molecule is CCCC/C=C/C/C=C/CC(O)CC(=O)OC(CC(=O)O)C[N+](C)(C)C. The van der Waals surface area contributed by atoms with Crippen molar-refractivity contribution in [2.75, 3.05) is 27.7 Å². The molecule has 0 bridgehead atoms. The van der Waals surface area contributed by atoms with E-state index >= 15 is 0 Å². The fourth-order valence-electron chi connectivity index (χ4n) is 2.42. The number of rotatable bonds is 14. The van der Waals surface area contributed by atoms with E-state index < -0.39 is 24.1 Å². The van der Waals surface area contributed by atoms with E-state index in [0.29, 0.717) is 17.4 Å². The van der Waals surface area contributed by atoms with Crippen molar-refractivity contribution < 1.29 is 29.0 Å². The Bertz CT molecular complexity index is 465. The van der Waals surface area contributed by atoms with Gasteiger partial charge in [-0.3, -0.25) is 9.59 Å². The first-order valence-electron chi connectivity index (χ1n) is 9.33. The van der Waals surface area contributed by atoms with Gasteiger partial charge in [0.05, 0.1) is 40.1 Å². The molecule has 2 unspecified atom stereocenters. The normalized spacial score (nSPS) is 14.7. The van der Waals surface area contributed by atoms with Gasteiger partial charge in [0.15, 0.2) is 6.10 Å². The number of unbranched alkanes of at least 4 members (excludes halogenated alkanes) is 2. The predicted octanol–water partition coefficient (Wildman–Crippen LogP) is 2.91. The molecule has 6 nitrogen and oxygen atoms in total. The molecule has 0 amide bonds. The molecule has 0 aromatic heterocycles. The number of nitrogens with zero attached hydrogens (tertiary/aromatic N) is 1. The Morgan fingerprint density at radius 1 is 1.08 bits per heavy atom. The van der Waals surface area contributed by atoms with E-state index in [9.17, 15) is 14.7 Å². The van der Waals surface area contributed by atoms with Crippen LogP contribution >= 0.6 is 0 Å². The van der Waals surface area contributed by atoms with Gasteiger partial charge in [-0.05, 0) is 19.3 Å². The summed E-state index contributed by atoms with van der Waals surface area (Å²) in [7, 11) is 5.71. The van der Waals surface area contributed by atoms with Crippen molar-refractivity contribution in [3.8, 4) is 0 Å². The number of aliphatic hydroxyl groups excluding tert-OH is 1. The molecule has 0 radical (unpaired) electrons. The zero-order valence-corrected chi connectivity index (χ0v) is 16.7. The molecule has 6 heteroatoms. The van der Waals surface area contributed by atoms with Crippen molar-refractivity contribution >= 4 is 11.9 Å². The molecule has 0 aliphatic heterocycles. The number of carboxylic acid groups (broad SMARTS) is 1. The number of aliphatic hydroxyl groups is 1. The fourth-order valence-corrected chi connectivity index (χ4v) is 2.42. The molecule has 2 N–H and O–H groups in total. The minimum absolute atomic E-state index is 0.135. The van der Waals surface area contributed by atoms with Crippen LogP contribution in [-0.2, 0) is 14.3 Å². The number of aliphatic carboxylic acids is 1. The van der Waals surface area contributed by atoms with Gasteiger partial charge in [0, 0.05) is 0 Å². The maximum Gasteiger partial charge on any atom is 0.308 e. The van der Waals surface area contributed by atoms with Crippen molar-refractivity contribution in [3.63, 3.8) is 0 Å². The monoisotopic (exact) mass is 370 g/mol. The van der Waals surface area contributed by atoms with E-state index in [-0.39, 0.29) is 12.8 Å². The summed E-state index contributed by atoms with van der Waals surface area (Å²) in [5.41, 5.74) is 0. The molecule has 0 aromatic rings. The molecule has 0 aliphatic rings. The third-order valence-electron chi connectivity index (χ3n) is 3.59. The third kappa shape index (κ3) is 15.8. The Morgan fingerprint density at radius 3 is 2.31 bits per heavy atom. The Balaban J connectivity index is 4.21. The van der Waals surface area contributed by atoms with E-state index in [1.807, 2.05) is 33.3 Å². The molecule has 0 saturated heterocycles. The van der Waals surface area contributed by atoms with Crippen molar-refractivity contribution in [1.29, 1.82) is 0 Å². The van der Waals surface area contributed by atoms with Crippen LogP contribution < -0.4 is 0 Å². The van der Waals surface area contributed by atoms with Crippen LogP contribution in [0.2, 0.25) is 0 Å². The van der Waals surface area contributed by atoms with Crippen LogP contribution in [0, 0.1) is 0 Å². The first-order valence-corrected chi connectivity index (χ1v) is 9.33. The lowest BCUT2D eigenvalue weighted by Crippen LogP contribution is -2.44. The predicted molar refractivity (Wildman–Crippen MR) is 103 cm³/mol. The van der Waals surface area contributed by atoms with Gasteiger partial charge in [0.25, 0.3) is 0 Å². The first-order chi connectivity index (χ1) is 12.1.